The third kappa shape index (κ3) is 9.85. The molecule has 0 unspecified atom stereocenters. The molecule has 0 saturated heterocycles. The molecule has 0 aliphatic carbocycles. The van der Waals surface area contributed by atoms with Crippen LogP contribution in [0.25, 0.3) is 0 Å². The molecular formula is C11H21ClO2. The summed E-state index contributed by atoms with van der Waals surface area (Å²) in [5.41, 5.74) is 0. The number of carbonyl (C=O) groups excluding carboxylic acids is 1. The van der Waals surface area contributed by atoms with Gasteiger partial charge in [0.05, 0.1) is 6.61 Å². The zero-order valence-electron chi connectivity index (χ0n) is 9.06. The second-order valence-electron chi connectivity index (χ2n) is 3.43. The Bertz CT molecular complexity index is 137. The molecule has 0 N–H and O–H groups in total. The molecule has 3 heteroatoms. The number of unbranched alkanes of at least 4 members (excludes halogenated alkanes) is 4. The van der Waals surface area contributed by atoms with Crippen LogP contribution in [0.2, 0.25) is 0 Å². The Morgan fingerprint density at radius 2 is 1.93 bits per heavy atom. The van der Waals surface area contributed by atoms with Gasteiger partial charge in [0.15, 0.2) is 0 Å². The predicted molar refractivity (Wildman–Crippen MR) is 59.7 cm³/mol. The van der Waals surface area contributed by atoms with Crippen molar-refractivity contribution in [2.75, 3.05) is 12.5 Å². The van der Waals surface area contributed by atoms with Gasteiger partial charge in [-0.05, 0) is 19.3 Å². The molecule has 0 rings (SSSR count). The summed E-state index contributed by atoms with van der Waals surface area (Å²) >= 11 is 5.49. The Balaban J connectivity index is 3.10. The van der Waals surface area contributed by atoms with Gasteiger partial charge in [-0.3, -0.25) is 4.79 Å². The van der Waals surface area contributed by atoms with E-state index in [9.17, 15) is 4.79 Å². The summed E-state index contributed by atoms with van der Waals surface area (Å²) in [4.78, 5) is 11.1. The van der Waals surface area contributed by atoms with E-state index in [0.717, 1.165) is 25.7 Å². The van der Waals surface area contributed by atoms with Crippen molar-refractivity contribution in [3.63, 3.8) is 0 Å². The van der Waals surface area contributed by atoms with Crippen molar-refractivity contribution in [1.29, 1.82) is 0 Å². The largest absolute Gasteiger partial charge is 0.466 e. The first-order valence-electron chi connectivity index (χ1n) is 5.52. The zero-order chi connectivity index (χ0) is 10.6. The highest BCUT2D eigenvalue weighted by molar-refractivity contribution is 6.17. The van der Waals surface area contributed by atoms with Gasteiger partial charge in [0.25, 0.3) is 0 Å². The topological polar surface area (TPSA) is 26.3 Å². The van der Waals surface area contributed by atoms with Gasteiger partial charge >= 0.3 is 5.97 Å². The minimum Gasteiger partial charge on any atom is -0.466 e. The minimum atomic E-state index is -0.0772. The van der Waals surface area contributed by atoms with E-state index in [2.05, 4.69) is 6.92 Å². The maximum atomic E-state index is 11.1. The first kappa shape index (κ1) is 13.8. The summed E-state index contributed by atoms with van der Waals surface area (Å²) in [6.07, 6.45) is 6.85. The fourth-order valence-electron chi connectivity index (χ4n) is 1.15. The molecule has 0 aromatic carbocycles. The average Bonchev–Trinajstić information content (AvgIpc) is 2.18. The number of esters is 1. The molecule has 0 heterocycles. The fourth-order valence-corrected chi connectivity index (χ4v) is 1.34. The second kappa shape index (κ2) is 10.8. The normalized spacial score (nSPS) is 10.1. The van der Waals surface area contributed by atoms with Gasteiger partial charge in [0.1, 0.15) is 0 Å². The van der Waals surface area contributed by atoms with Crippen molar-refractivity contribution in [2.24, 2.45) is 0 Å². The van der Waals surface area contributed by atoms with E-state index in [4.69, 9.17) is 16.3 Å². The van der Waals surface area contributed by atoms with E-state index < -0.39 is 0 Å². The molecule has 84 valence electrons. The number of alkyl halides is 1. The lowest BCUT2D eigenvalue weighted by Gasteiger charge is -2.03. The van der Waals surface area contributed by atoms with Crippen molar-refractivity contribution >= 4 is 17.6 Å². The molecule has 0 spiro atoms. The van der Waals surface area contributed by atoms with Gasteiger partial charge < -0.3 is 4.74 Å². The van der Waals surface area contributed by atoms with E-state index >= 15 is 0 Å². The van der Waals surface area contributed by atoms with Crippen LogP contribution in [0.15, 0.2) is 0 Å². The maximum Gasteiger partial charge on any atom is 0.305 e. The molecule has 0 saturated carbocycles. The van der Waals surface area contributed by atoms with Gasteiger partial charge in [-0.25, -0.2) is 0 Å². The summed E-state index contributed by atoms with van der Waals surface area (Å²) < 4.78 is 5.05. The third-order valence-corrected chi connectivity index (χ3v) is 2.29. The van der Waals surface area contributed by atoms with Gasteiger partial charge in [0.2, 0.25) is 0 Å². The van der Waals surface area contributed by atoms with Crippen molar-refractivity contribution in [3.05, 3.63) is 0 Å². The summed E-state index contributed by atoms with van der Waals surface area (Å²) in [6, 6.07) is 0. The van der Waals surface area contributed by atoms with Crippen molar-refractivity contribution < 1.29 is 9.53 Å². The number of rotatable bonds is 9. The Hall–Kier alpha value is -0.240. The lowest BCUT2D eigenvalue weighted by Crippen LogP contribution is -2.05. The van der Waals surface area contributed by atoms with Crippen LogP contribution in [0.4, 0.5) is 0 Å². The monoisotopic (exact) mass is 220 g/mol. The molecule has 14 heavy (non-hydrogen) atoms. The smallest absolute Gasteiger partial charge is 0.305 e. The van der Waals surface area contributed by atoms with Gasteiger partial charge in [-0.1, -0.05) is 26.2 Å². The van der Waals surface area contributed by atoms with Crippen molar-refractivity contribution in [2.45, 2.75) is 51.9 Å². The highest BCUT2D eigenvalue weighted by atomic mass is 35.5. The molecular weight excluding hydrogens is 200 g/mol. The fraction of sp³-hybridized carbons (Fsp3) is 0.909. The van der Waals surface area contributed by atoms with E-state index in [1.807, 2.05) is 0 Å². The second-order valence-corrected chi connectivity index (χ2v) is 3.81. The Labute approximate surface area is 92.0 Å². The Morgan fingerprint density at radius 3 is 2.57 bits per heavy atom. The zero-order valence-corrected chi connectivity index (χ0v) is 9.81. The van der Waals surface area contributed by atoms with Crippen molar-refractivity contribution in [3.8, 4) is 0 Å². The van der Waals surface area contributed by atoms with Crippen LogP contribution in [0.1, 0.15) is 51.9 Å². The first-order chi connectivity index (χ1) is 6.81. The summed E-state index contributed by atoms with van der Waals surface area (Å²) in [5.74, 6) is 0.552. The minimum absolute atomic E-state index is 0.0772. The van der Waals surface area contributed by atoms with Crippen LogP contribution < -0.4 is 0 Å². The standard InChI is InChI=1S/C11H21ClO2/c1-2-3-4-7-10-14-11(13)8-5-6-9-12/h2-10H2,1H3. The molecule has 0 atom stereocenters. The van der Waals surface area contributed by atoms with Crippen LogP contribution in [-0.4, -0.2) is 18.5 Å². The summed E-state index contributed by atoms with van der Waals surface area (Å²) in [5, 5.41) is 0. The highest BCUT2D eigenvalue weighted by Crippen LogP contribution is 2.02. The maximum absolute atomic E-state index is 11.1. The summed E-state index contributed by atoms with van der Waals surface area (Å²) in [7, 11) is 0. The molecule has 0 aliphatic heterocycles. The first-order valence-corrected chi connectivity index (χ1v) is 6.06. The summed E-state index contributed by atoms with van der Waals surface area (Å²) in [6.45, 7) is 2.75. The van der Waals surface area contributed by atoms with E-state index in [1.165, 1.54) is 12.8 Å². The van der Waals surface area contributed by atoms with Gasteiger partial charge in [-0.2, -0.15) is 0 Å². The number of hydrogen-bond acceptors (Lipinski definition) is 2. The lowest BCUT2D eigenvalue weighted by molar-refractivity contribution is -0.143. The number of hydrogen-bond donors (Lipinski definition) is 0. The molecule has 0 radical (unpaired) electrons. The van der Waals surface area contributed by atoms with E-state index in [0.29, 0.717) is 18.9 Å². The molecule has 0 bridgehead atoms. The predicted octanol–water partition coefficient (Wildman–Crippen LogP) is 3.52. The third-order valence-electron chi connectivity index (χ3n) is 2.03. The van der Waals surface area contributed by atoms with Crippen LogP contribution in [0.3, 0.4) is 0 Å². The lowest BCUT2D eigenvalue weighted by atomic mass is 10.2. The molecule has 0 aromatic heterocycles. The number of ether oxygens (including phenoxy) is 1. The number of halogens is 1. The molecule has 0 fully saturated rings. The van der Waals surface area contributed by atoms with E-state index in [-0.39, 0.29) is 5.97 Å². The molecule has 0 aromatic rings. The molecule has 0 amide bonds. The molecule has 2 nitrogen and oxygen atoms in total. The average molecular weight is 221 g/mol. The van der Waals surface area contributed by atoms with Crippen LogP contribution >= 0.6 is 11.6 Å². The van der Waals surface area contributed by atoms with Crippen LogP contribution in [-0.2, 0) is 9.53 Å². The van der Waals surface area contributed by atoms with Crippen molar-refractivity contribution in [1.82, 2.24) is 0 Å². The van der Waals surface area contributed by atoms with Crippen LogP contribution in [0, 0.1) is 0 Å². The van der Waals surface area contributed by atoms with E-state index in [1.54, 1.807) is 0 Å². The van der Waals surface area contributed by atoms with Gasteiger partial charge in [-0.15, -0.1) is 11.6 Å². The number of carbonyl (C=O) groups is 1. The van der Waals surface area contributed by atoms with Gasteiger partial charge in [0, 0.05) is 12.3 Å². The molecule has 0 aliphatic rings. The Morgan fingerprint density at radius 1 is 1.14 bits per heavy atom. The SMILES string of the molecule is CCCCCCOC(=O)CCCCCl. The quantitative estimate of drug-likeness (QED) is 0.338. The Kier molecular flexibility index (Phi) is 10.7. The van der Waals surface area contributed by atoms with Crippen LogP contribution in [0.5, 0.6) is 0 Å². The highest BCUT2D eigenvalue weighted by Gasteiger charge is 2.01.